The predicted molar refractivity (Wildman–Crippen MR) is 30.9 cm³/mol. The molecule has 0 bridgehead atoms. The SMILES string of the molecule is CC=C[CH]OC(C)=O. The Labute approximate surface area is 49.1 Å². The largest absolute Gasteiger partial charge is 0.454 e. The van der Waals surface area contributed by atoms with Crippen LogP contribution in [0, 0.1) is 6.61 Å². The van der Waals surface area contributed by atoms with Gasteiger partial charge in [-0.3, -0.25) is 4.79 Å². The Kier molecular flexibility index (Phi) is 3.94. The van der Waals surface area contributed by atoms with E-state index in [0.29, 0.717) is 0 Å². The van der Waals surface area contributed by atoms with Gasteiger partial charge in [0.05, 0.1) is 0 Å². The zero-order chi connectivity index (χ0) is 6.41. The van der Waals surface area contributed by atoms with E-state index < -0.39 is 0 Å². The topological polar surface area (TPSA) is 26.3 Å². The molecule has 0 aliphatic heterocycles. The molecule has 1 radical (unpaired) electrons. The highest BCUT2D eigenvalue weighted by Gasteiger charge is 1.85. The lowest BCUT2D eigenvalue weighted by Gasteiger charge is -1.90. The van der Waals surface area contributed by atoms with Crippen LogP contribution in [0.3, 0.4) is 0 Å². The Hall–Kier alpha value is -0.790. The van der Waals surface area contributed by atoms with Crippen LogP contribution >= 0.6 is 0 Å². The number of ether oxygens (including phenoxy) is 1. The zero-order valence-electron chi connectivity index (χ0n) is 5.05. The maximum absolute atomic E-state index is 10.0. The third kappa shape index (κ3) is 5.21. The van der Waals surface area contributed by atoms with E-state index in [1.165, 1.54) is 13.5 Å². The molecule has 0 spiro atoms. The van der Waals surface area contributed by atoms with Gasteiger partial charge in [-0.25, -0.2) is 0 Å². The average molecular weight is 113 g/mol. The Balaban J connectivity index is 3.05. The molecule has 0 saturated heterocycles. The van der Waals surface area contributed by atoms with Gasteiger partial charge >= 0.3 is 5.97 Å². The monoisotopic (exact) mass is 113 g/mol. The molecule has 0 heterocycles. The zero-order valence-corrected chi connectivity index (χ0v) is 5.05. The molecule has 0 aromatic rings. The summed E-state index contributed by atoms with van der Waals surface area (Å²) in [5.74, 6) is -0.289. The Morgan fingerprint density at radius 2 is 2.25 bits per heavy atom. The van der Waals surface area contributed by atoms with Crippen LogP contribution in [-0.4, -0.2) is 5.97 Å². The number of rotatable bonds is 2. The fraction of sp³-hybridized carbons (Fsp3) is 0.333. The molecule has 0 atom stereocenters. The first-order chi connectivity index (χ1) is 3.77. The first-order valence-electron chi connectivity index (χ1n) is 2.39. The minimum atomic E-state index is -0.289. The minimum absolute atomic E-state index is 0.289. The molecule has 0 aromatic carbocycles. The highest BCUT2D eigenvalue weighted by Crippen LogP contribution is 1.83. The summed E-state index contributed by atoms with van der Waals surface area (Å²) in [5, 5.41) is 0. The van der Waals surface area contributed by atoms with Crippen LogP contribution in [0.4, 0.5) is 0 Å². The van der Waals surface area contributed by atoms with Crippen LogP contribution in [0.1, 0.15) is 13.8 Å². The second-order valence-electron chi connectivity index (χ2n) is 1.27. The lowest BCUT2D eigenvalue weighted by molar-refractivity contribution is -0.136. The van der Waals surface area contributed by atoms with Crippen molar-refractivity contribution in [3.05, 3.63) is 18.8 Å². The summed E-state index contributed by atoms with van der Waals surface area (Å²) in [6.07, 6.45) is 3.43. The van der Waals surface area contributed by atoms with Crippen molar-refractivity contribution >= 4 is 5.97 Å². The average Bonchev–Trinajstić information content (AvgIpc) is 1.66. The van der Waals surface area contributed by atoms with Gasteiger partial charge in [-0.2, -0.15) is 0 Å². The highest BCUT2D eigenvalue weighted by atomic mass is 16.5. The van der Waals surface area contributed by atoms with E-state index in [2.05, 4.69) is 4.74 Å². The molecule has 0 rings (SSSR count). The predicted octanol–water partition coefficient (Wildman–Crippen LogP) is 1.29. The summed E-state index contributed by atoms with van der Waals surface area (Å²) in [7, 11) is 0. The van der Waals surface area contributed by atoms with Crippen LogP contribution < -0.4 is 0 Å². The third-order valence-corrected chi connectivity index (χ3v) is 0.505. The van der Waals surface area contributed by atoms with Gasteiger partial charge in [-0.1, -0.05) is 6.08 Å². The van der Waals surface area contributed by atoms with E-state index in [-0.39, 0.29) is 5.97 Å². The molecule has 2 nitrogen and oxygen atoms in total. The number of carbonyl (C=O) groups excluding carboxylic acids is 1. The minimum Gasteiger partial charge on any atom is -0.454 e. The number of allylic oxidation sites excluding steroid dienone is 1. The second-order valence-corrected chi connectivity index (χ2v) is 1.27. The molecule has 0 fully saturated rings. The van der Waals surface area contributed by atoms with Gasteiger partial charge in [0.15, 0.2) is 6.61 Å². The quantitative estimate of drug-likeness (QED) is 0.504. The van der Waals surface area contributed by atoms with Gasteiger partial charge in [0.25, 0.3) is 0 Å². The maximum Gasteiger partial charge on any atom is 0.303 e. The number of hydrogen-bond donors (Lipinski definition) is 0. The van der Waals surface area contributed by atoms with E-state index in [1.54, 1.807) is 12.2 Å². The summed E-state index contributed by atoms with van der Waals surface area (Å²) in [5.41, 5.74) is 0. The molecule has 0 unspecified atom stereocenters. The van der Waals surface area contributed by atoms with E-state index in [1.807, 2.05) is 6.92 Å². The molecule has 0 aliphatic rings. The smallest absolute Gasteiger partial charge is 0.303 e. The van der Waals surface area contributed by atoms with Crippen molar-refractivity contribution in [2.45, 2.75) is 13.8 Å². The molecular weight excluding hydrogens is 104 g/mol. The normalized spacial score (nSPS) is 9.75. The van der Waals surface area contributed by atoms with Crippen molar-refractivity contribution in [3.63, 3.8) is 0 Å². The Morgan fingerprint density at radius 3 is 2.62 bits per heavy atom. The van der Waals surface area contributed by atoms with E-state index in [0.717, 1.165) is 0 Å². The van der Waals surface area contributed by atoms with E-state index in [4.69, 9.17) is 0 Å². The molecule has 0 aromatic heterocycles. The Morgan fingerprint density at radius 1 is 1.62 bits per heavy atom. The number of hydrogen-bond acceptors (Lipinski definition) is 2. The van der Waals surface area contributed by atoms with Crippen LogP contribution in [-0.2, 0) is 9.53 Å². The van der Waals surface area contributed by atoms with Crippen LogP contribution in [0.25, 0.3) is 0 Å². The maximum atomic E-state index is 10.0. The fourth-order valence-electron chi connectivity index (χ4n) is 0.214. The lowest BCUT2D eigenvalue weighted by atomic mass is 10.5. The van der Waals surface area contributed by atoms with Crippen molar-refractivity contribution in [1.82, 2.24) is 0 Å². The molecular formula is C6H9O2. The lowest BCUT2D eigenvalue weighted by Crippen LogP contribution is -1.92. The summed E-state index contributed by atoms with van der Waals surface area (Å²) in [4.78, 5) is 10.0. The fourth-order valence-corrected chi connectivity index (χ4v) is 0.214. The first kappa shape index (κ1) is 7.21. The van der Waals surface area contributed by atoms with Crippen molar-refractivity contribution in [2.24, 2.45) is 0 Å². The van der Waals surface area contributed by atoms with Gasteiger partial charge in [0.2, 0.25) is 0 Å². The third-order valence-electron chi connectivity index (χ3n) is 0.505. The van der Waals surface area contributed by atoms with Gasteiger partial charge in [-0.05, 0) is 13.0 Å². The molecule has 0 amide bonds. The van der Waals surface area contributed by atoms with Gasteiger partial charge < -0.3 is 4.74 Å². The van der Waals surface area contributed by atoms with Gasteiger partial charge in [-0.15, -0.1) is 0 Å². The van der Waals surface area contributed by atoms with Crippen molar-refractivity contribution in [3.8, 4) is 0 Å². The van der Waals surface area contributed by atoms with E-state index >= 15 is 0 Å². The van der Waals surface area contributed by atoms with E-state index in [9.17, 15) is 4.79 Å². The number of esters is 1. The van der Waals surface area contributed by atoms with Gasteiger partial charge in [0, 0.05) is 6.92 Å². The molecule has 0 aliphatic carbocycles. The van der Waals surface area contributed by atoms with Gasteiger partial charge in [0.1, 0.15) is 0 Å². The summed E-state index contributed by atoms with van der Waals surface area (Å²) in [6, 6.07) is 0. The second kappa shape index (κ2) is 4.37. The van der Waals surface area contributed by atoms with Crippen LogP contribution in [0.5, 0.6) is 0 Å². The van der Waals surface area contributed by atoms with Crippen molar-refractivity contribution < 1.29 is 9.53 Å². The molecule has 8 heavy (non-hydrogen) atoms. The Bertz CT molecular complexity index is 94.7. The highest BCUT2D eigenvalue weighted by molar-refractivity contribution is 5.66. The van der Waals surface area contributed by atoms with Crippen LogP contribution in [0.15, 0.2) is 12.2 Å². The molecule has 45 valence electrons. The molecule has 0 saturated carbocycles. The molecule has 0 N–H and O–H groups in total. The summed E-state index contributed by atoms with van der Waals surface area (Å²) < 4.78 is 4.43. The van der Waals surface area contributed by atoms with Crippen LogP contribution in [0.2, 0.25) is 0 Å². The standard InChI is InChI=1S/C6H9O2/c1-3-4-5-8-6(2)7/h3-5H,1-2H3. The van der Waals surface area contributed by atoms with Crippen molar-refractivity contribution in [1.29, 1.82) is 0 Å². The number of carbonyl (C=O) groups is 1. The molecule has 2 heteroatoms. The van der Waals surface area contributed by atoms with Crippen molar-refractivity contribution in [2.75, 3.05) is 0 Å². The first-order valence-corrected chi connectivity index (χ1v) is 2.39. The summed E-state index contributed by atoms with van der Waals surface area (Å²) in [6.45, 7) is 4.56. The summed E-state index contributed by atoms with van der Waals surface area (Å²) >= 11 is 0.